The maximum Gasteiger partial charge on any atom is 0.164 e. The fourth-order valence-electron chi connectivity index (χ4n) is 8.53. The molecule has 6 heteroatoms. The molecule has 0 bridgehead atoms. The number of benzene rings is 8. The first-order valence-electron chi connectivity index (χ1n) is 21.1. The van der Waals surface area contributed by atoms with Gasteiger partial charge in [-0.1, -0.05) is 189 Å². The molecular formula is C55H47N3SSi2. The Morgan fingerprint density at radius 1 is 0.328 bits per heavy atom. The van der Waals surface area contributed by atoms with Crippen LogP contribution in [-0.2, 0) is 0 Å². The van der Waals surface area contributed by atoms with Gasteiger partial charge < -0.3 is 0 Å². The van der Waals surface area contributed by atoms with Gasteiger partial charge in [0.1, 0.15) is 0 Å². The minimum absolute atomic E-state index is 0.650. The lowest BCUT2D eigenvalue weighted by atomic mass is 9.94. The summed E-state index contributed by atoms with van der Waals surface area (Å²) in [7, 11) is -3.02. The molecule has 0 amide bonds. The second kappa shape index (κ2) is 15.3. The fraction of sp³-hybridized carbons (Fsp3) is 0.109. The number of hydrogen-bond donors (Lipinski definition) is 0. The molecule has 296 valence electrons. The van der Waals surface area contributed by atoms with Gasteiger partial charge in [-0.15, -0.1) is 11.3 Å². The molecule has 0 aliphatic rings. The SMILES string of the molecule is C[Si](C)(C)c1ccc(-c2nc(-c3cccc(-c4cccc(-c5ccc([Si](C)(C)C)c6ccccc56)c4)c3)nc(-c3cccc(-c4ccc5sc6ccccc6c5c4)c3)n2)cc1. The predicted molar refractivity (Wildman–Crippen MR) is 269 cm³/mol. The Morgan fingerprint density at radius 3 is 1.41 bits per heavy atom. The molecule has 0 spiro atoms. The van der Waals surface area contributed by atoms with E-state index in [-0.39, 0.29) is 0 Å². The second-order valence-electron chi connectivity index (χ2n) is 18.1. The Bertz CT molecular complexity index is 3280. The lowest BCUT2D eigenvalue weighted by molar-refractivity contribution is 1.07. The smallest absolute Gasteiger partial charge is 0.164 e. The van der Waals surface area contributed by atoms with Crippen LogP contribution in [-0.4, -0.2) is 31.1 Å². The first kappa shape index (κ1) is 38.9. The lowest BCUT2D eigenvalue weighted by Gasteiger charge is -2.21. The summed E-state index contributed by atoms with van der Waals surface area (Å²) in [6, 6.07) is 64.1. The number of thiophene rings is 1. The molecule has 0 saturated heterocycles. The van der Waals surface area contributed by atoms with Crippen LogP contribution in [0.15, 0.2) is 176 Å². The third-order valence-electron chi connectivity index (χ3n) is 11.8. The molecule has 2 aromatic heterocycles. The van der Waals surface area contributed by atoms with Gasteiger partial charge >= 0.3 is 0 Å². The van der Waals surface area contributed by atoms with Crippen LogP contribution in [0, 0.1) is 0 Å². The van der Waals surface area contributed by atoms with E-state index in [2.05, 4.69) is 215 Å². The normalized spacial score (nSPS) is 12.1. The standard InChI is InChI=1S/C55H47N3SSi2/c1-60(2,3)44-27-24-36(25-28-44)53-56-54(58-55(57-53)43-19-13-16-39(34-43)40-26-30-51-49(35-40)47-21-9-10-23-50(47)59-51)42-18-12-15-38(33-42)37-14-11-17-41(32-37)45-29-31-52(61(4,5)6)48-22-8-7-20-46(45)48/h7-35H,1-6H3. The van der Waals surface area contributed by atoms with Crippen molar-refractivity contribution < 1.29 is 0 Å². The minimum atomic E-state index is -1.53. The fourth-order valence-corrected chi connectivity index (χ4v) is 12.4. The van der Waals surface area contributed by atoms with E-state index in [1.165, 1.54) is 58.0 Å². The molecule has 0 aliphatic heterocycles. The predicted octanol–water partition coefficient (Wildman–Crippen LogP) is 14.5. The van der Waals surface area contributed by atoms with E-state index in [9.17, 15) is 0 Å². The summed E-state index contributed by atoms with van der Waals surface area (Å²) in [4.78, 5) is 15.6. The average molecular weight is 838 g/mol. The van der Waals surface area contributed by atoms with Crippen LogP contribution in [0.2, 0.25) is 39.3 Å². The molecular weight excluding hydrogens is 791 g/mol. The monoisotopic (exact) mass is 837 g/mol. The van der Waals surface area contributed by atoms with E-state index in [0.29, 0.717) is 17.5 Å². The molecule has 0 atom stereocenters. The van der Waals surface area contributed by atoms with Crippen molar-refractivity contribution in [2.75, 3.05) is 0 Å². The summed E-state index contributed by atoms with van der Waals surface area (Å²) in [6.07, 6.45) is 0. The Kier molecular flexibility index (Phi) is 9.75. The highest BCUT2D eigenvalue weighted by Crippen LogP contribution is 2.38. The molecule has 3 nitrogen and oxygen atoms in total. The molecule has 0 fully saturated rings. The van der Waals surface area contributed by atoms with E-state index in [4.69, 9.17) is 15.0 Å². The van der Waals surface area contributed by atoms with Gasteiger partial charge in [-0.05, 0) is 80.6 Å². The van der Waals surface area contributed by atoms with E-state index in [1.54, 1.807) is 0 Å². The lowest BCUT2D eigenvalue weighted by Crippen LogP contribution is -2.38. The highest BCUT2D eigenvalue weighted by molar-refractivity contribution is 7.25. The topological polar surface area (TPSA) is 38.7 Å². The zero-order chi connectivity index (χ0) is 41.9. The molecule has 2 heterocycles. The number of hydrogen-bond acceptors (Lipinski definition) is 4. The molecule has 0 radical (unpaired) electrons. The molecule has 0 aliphatic carbocycles. The first-order chi connectivity index (χ1) is 29.5. The Hall–Kier alpha value is -6.32. The summed E-state index contributed by atoms with van der Waals surface area (Å²) in [6.45, 7) is 14.4. The van der Waals surface area contributed by atoms with Crippen molar-refractivity contribution in [3.63, 3.8) is 0 Å². The largest absolute Gasteiger partial charge is 0.208 e. The summed E-state index contributed by atoms with van der Waals surface area (Å²) >= 11 is 1.84. The van der Waals surface area contributed by atoms with Crippen molar-refractivity contribution in [2.45, 2.75) is 39.3 Å². The van der Waals surface area contributed by atoms with Crippen molar-refractivity contribution in [2.24, 2.45) is 0 Å². The third kappa shape index (κ3) is 7.56. The van der Waals surface area contributed by atoms with Gasteiger partial charge in [0.25, 0.3) is 0 Å². The molecule has 8 aromatic carbocycles. The Morgan fingerprint density at radius 2 is 0.803 bits per heavy atom. The molecule has 0 N–H and O–H groups in total. The maximum absolute atomic E-state index is 5.23. The summed E-state index contributed by atoms with van der Waals surface area (Å²) in [5, 5.41) is 8.16. The molecule has 0 saturated carbocycles. The van der Waals surface area contributed by atoms with Gasteiger partial charge in [0.05, 0.1) is 16.1 Å². The molecule has 10 aromatic rings. The zero-order valence-electron chi connectivity index (χ0n) is 35.5. The Labute approximate surface area is 364 Å². The summed E-state index contributed by atoms with van der Waals surface area (Å²) in [5.74, 6) is 1.97. The Balaban J connectivity index is 1.06. The highest BCUT2D eigenvalue weighted by atomic mass is 32.1. The number of fused-ring (bicyclic) bond motifs is 4. The molecule has 61 heavy (non-hydrogen) atoms. The van der Waals surface area contributed by atoms with Crippen molar-refractivity contribution in [1.82, 2.24) is 15.0 Å². The van der Waals surface area contributed by atoms with Crippen LogP contribution in [0.3, 0.4) is 0 Å². The third-order valence-corrected chi connectivity index (χ3v) is 17.1. The molecule has 0 unspecified atom stereocenters. The van der Waals surface area contributed by atoms with E-state index in [1.807, 2.05) is 11.3 Å². The van der Waals surface area contributed by atoms with Gasteiger partial charge in [-0.2, -0.15) is 0 Å². The maximum atomic E-state index is 5.23. The van der Waals surface area contributed by atoms with Crippen molar-refractivity contribution >= 4 is 68.8 Å². The molecule has 10 rings (SSSR count). The van der Waals surface area contributed by atoms with E-state index >= 15 is 0 Å². The number of rotatable bonds is 8. The summed E-state index contributed by atoms with van der Waals surface area (Å²) in [5.41, 5.74) is 9.91. The average Bonchev–Trinajstić information content (AvgIpc) is 3.66. The van der Waals surface area contributed by atoms with Gasteiger partial charge in [0.15, 0.2) is 17.5 Å². The van der Waals surface area contributed by atoms with Crippen LogP contribution in [0.5, 0.6) is 0 Å². The van der Waals surface area contributed by atoms with Gasteiger partial charge in [0.2, 0.25) is 0 Å². The van der Waals surface area contributed by atoms with Crippen LogP contribution in [0.4, 0.5) is 0 Å². The quantitative estimate of drug-likeness (QED) is 0.143. The van der Waals surface area contributed by atoms with Crippen LogP contribution >= 0.6 is 11.3 Å². The van der Waals surface area contributed by atoms with Crippen LogP contribution in [0.25, 0.3) is 98.5 Å². The van der Waals surface area contributed by atoms with Crippen LogP contribution < -0.4 is 10.4 Å². The number of aromatic nitrogens is 3. The van der Waals surface area contributed by atoms with Crippen molar-refractivity contribution in [3.05, 3.63) is 176 Å². The van der Waals surface area contributed by atoms with Crippen LogP contribution in [0.1, 0.15) is 0 Å². The van der Waals surface area contributed by atoms with Crippen molar-refractivity contribution in [3.8, 4) is 67.5 Å². The zero-order valence-corrected chi connectivity index (χ0v) is 38.3. The van der Waals surface area contributed by atoms with Gasteiger partial charge in [-0.3, -0.25) is 0 Å². The second-order valence-corrected chi connectivity index (χ2v) is 29.3. The first-order valence-corrected chi connectivity index (χ1v) is 28.9. The van der Waals surface area contributed by atoms with Crippen molar-refractivity contribution in [1.29, 1.82) is 0 Å². The summed E-state index contributed by atoms with van der Waals surface area (Å²) < 4.78 is 2.61. The minimum Gasteiger partial charge on any atom is -0.208 e. The van der Waals surface area contributed by atoms with E-state index in [0.717, 1.165) is 33.4 Å². The van der Waals surface area contributed by atoms with Gasteiger partial charge in [-0.25, -0.2) is 15.0 Å². The highest BCUT2D eigenvalue weighted by Gasteiger charge is 2.21. The van der Waals surface area contributed by atoms with E-state index < -0.39 is 16.1 Å². The van der Waals surface area contributed by atoms with Gasteiger partial charge in [0, 0.05) is 36.9 Å². The number of nitrogens with zero attached hydrogens (tertiary/aromatic N) is 3.